The monoisotopic (exact) mass is 303 g/mol. The van der Waals surface area contributed by atoms with Gasteiger partial charge in [-0.15, -0.1) is 22.7 Å². The van der Waals surface area contributed by atoms with Crippen LogP contribution >= 0.6 is 22.7 Å². The highest BCUT2D eigenvalue weighted by atomic mass is 32.1. The van der Waals surface area contributed by atoms with Crippen LogP contribution in [-0.4, -0.2) is 11.7 Å². The summed E-state index contributed by atoms with van der Waals surface area (Å²) in [7, 11) is 0. The van der Waals surface area contributed by atoms with Gasteiger partial charge >= 0.3 is 0 Å². The van der Waals surface area contributed by atoms with Crippen molar-refractivity contribution < 1.29 is 5.11 Å². The molecule has 0 spiro atoms. The highest BCUT2D eigenvalue weighted by molar-refractivity contribution is 7.26. The standard InChI is InChI=1S/C16H17NOS2/c1-10-3-2-4-11(7-10)12(9-17)16(18)15-8-14-13(20-15)5-6-19-14/h2-8,12,16,18H,9,17H2,1H3. The zero-order valence-corrected chi connectivity index (χ0v) is 12.9. The Labute approximate surface area is 126 Å². The number of hydrogen-bond donors (Lipinski definition) is 2. The molecule has 0 saturated heterocycles. The van der Waals surface area contributed by atoms with Crippen LogP contribution in [0.2, 0.25) is 0 Å². The first-order chi connectivity index (χ1) is 9.69. The lowest BCUT2D eigenvalue weighted by Crippen LogP contribution is -2.19. The average molecular weight is 303 g/mol. The molecule has 0 radical (unpaired) electrons. The molecule has 0 aliphatic carbocycles. The Morgan fingerprint density at radius 2 is 2.05 bits per heavy atom. The Hall–Kier alpha value is -1.20. The lowest BCUT2D eigenvalue weighted by atomic mass is 9.91. The van der Waals surface area contributed by atoms with Crippen LogP contribution in [0, 0.1) is 6.92 Å². The second-order valence-corrected chi connectivity index (χ2v) is 7.06. The zero-order chi connectivity index (χ0) is 14.1. The van der Waals surface area contributed by atoms with Crippen molar-refractivity contribution in [3.63, 3.8) is 0 Å². The van der Waals surface area contributed by atoms with Crippen LogP contribution in [0.1, 0.15) is 28.0 Å². The smallest absolute Gasteiger partial charge is 0.0963 e. The van der Waals surface area contributed by atoms with E-state index in [4.69, 9.17) is 5.73 Å². The minimum atomic E-state index is -0.536. The number of aryl methyl sites for hydroxylation is 1. The molecule has 2 unspecified atom stereocenters. The molecular weight excluding hydrogens is 286 g/mol. The zero-order valence-electron chi connectivity index (χ0n) is 11.2. The van der Waals surface area contributed by atoms with E-state index in [2.05, 4.69) is 36.6 Å². The van der Waals surface area contributed by atoms with Gasteiger partial charge in [0.1, 0.15) is 0 Å². The third-order valence-electron chi connectivity index (χ3n) is 3.56. The summed E-state index contributed by atoms with van der Waals surface area (Å²) in [4.78, 5) is 1.00. The molecule has 0 bridgehead atoms. The number of aliphatic hydroxyl groups excluding tert-OH is 1. The van der Waals surface area contributed by atoms with Crippen molar-refractivity contribution in [2.75, 3.05) is 6.54 Å². The number of hydrogen-bond acceptors (Lipinski definition) is 4. The molecule has 0 aliphatic heterocycles. The maximum Gasteiger partial charge on any atom is 0.0963 e. The van der Waals surface area contributed by atoms with Crippen LogP contribution in [0.5, 0.6) is 0 Å². The van der Waals surface area contributed by atoms with Crippen molar-refractivity contribution in [3.05, 3.63) is 57.8 Å². The second-order valence-electron chi connectivity index (χ2n) is 5.00. The Bertz CT molecular complexity index is 687. The molecule has 3 rings (SSSR count). The lowest BCUT2D eigenvalue weighted by molar-refractivity contribution is 0.151. The SMILES string of the molecule is Cc1cccc(C(CN)C(O)c2cc3sccc3s2)c1. The summed E-state index contributed by atoms with van der Waals surface area (Å²) in [6.07, 6.45) is -0.536. The molecule has 0 saturated carbocycles. The summed E-state index contributed by atoms with van der Waals surface area (Å²) in [5.74, 6) is -0.0531. The Balaban J connectivity index is 1.94. The van der Waals surface area contributed by atoms with E-state index in [9.17, 15) is 5.11 Å². The molecule has 2 nitrogen and oxygen atoms in total. The number of aliphatic hydroxyl groups is 1. The normalized spacial score (nSPS) is 14.6. The first-order valence-corrected chi connectivity index (χ1v) is 8.30. The van der Waals surface area contributed by atoms with Crippen LogP contribution in [0.25, 0.3) is 9.40 Å². The van der Waals surface area contributed by atoms with Gasteiger partial charge in [0.15, 0.2) is 0 Å². The molecular formula is C16H17NOS2. The van der Waals surface area contributed by atoms with E-state index >= 15 is 0 Å². The molecule has 0 fully saturated rings. The Morgan fingerprint density at radius 3 is 2.75 bits per heavy atom. The first-order valence-electron chi connectivity index (χ1n) is 6.60. The third-order valence-corrected chi connectivity index (χ3v) is 5.72. The highest BCUT2D eigenvalue weighted by Crippen LogP contribution is 2.38. The van der Waals surface area contributed by atoms with Gasteiger partial charge in [-0.3, -0.25) is 0 Å². The number of benzene rings is 1. The molecule has 0 aliphatic rings. The molecule has 2 aromatic heterocycles. The average Bonchev–Trinajstić information content (AvgIpc) is 3.00. The second kappa shape index (κ2) is 5.66. The van der Waals surface area contributed by atoms with E-state index < -0.39 is 6.10 Å². The van der Waals surface area contributed by atoms with Crippen LogP contribution in [0.3, 0.4) is 0 Å². The van der Waals surface area contributed by atoms with Gasteiger partial charge in [-0.1, -0.05) is 29.8 Å². The van der Waals surface area contributed by atoms with Gasteiger partial charge in [-0.25, -0.2) is 0 Å². The summed E-state index contributed by atoms with van der Waals surface area (Å²) >= 11 is 3.37. The Morgan fingerprint density at radius 1 is 1.20 bits per heavy atom. The van der Waals surface area contributed by atoms with Gasteiger partial charge in [0.2, 0.25) is 0 Å². The molecule has 0 amide bonds. The van der Waals surface area contributed by atoms with Gasteiger partial charge in [0, 0.05) is 26.7 Å². The van der Waals surface area contributed by atoms with Crippen molar-refractivity contribution in [2.45, 2.75) is 18.9 Å². The van der Waals surface area contributed by atoms with E-state index in [1.165, 1.54) is 15.0 Å². The van der Waals surface area contributed by atoms with E-state index in [0.717, 1.165) is 10.4 Å². The van der Waals surface area contributed by atoms with Crippen molar-refractivity contribution in [3.8, 4) is 0 Å². The largest absolute Gasteiger partial charge is 0.387 e. The van der Waals surface area contributed by atoms with Crippen LogP contribution in [0.15, 0.2) is 41.8 Å². The minimum absolute atomic E-state index is 0.0531. The highest BCUT2D eigenvalue weighted by Gasteiger charge is 2.23. The topological polar surface area (TPSA) is 46.2 Å². The lowest BCUT2D eigenvalue weighted by Gasteiger charge is -2.21. The maximum absolute atomic E-state index is 10.7. The molecule has 3 N–H and O–H groups in total. The summed E-state index contributed by atoms with van der Waals surface area (Å²) in [5, 5.41) is 12.8. The van der Waals surface area contributed by atoms with Crippen LogP contribution in [0.4, 0.5) is 0 Å². The molecule has 1 aromatic carbocycles. The van der Waals surface area contributed by atoms with Gasteiger partial charge in [0.05, 0.1) is 6.10 Å². The van der Waals surface area contributed by atoms with E-state index in [1.807, 2.05) is 12.1 Å². The predicted octanol–water partition coefficient (Wildman–Crippen LogP) is 4.05. The summed E-state index contributed by atoms with van der Waals surface area (Å²) in [5.41, 5.74) is 8.21. The van der Waals surface area contributed by atoms with E-state index in [0.29, 0.717) is 6.54 Å². The maximum atomic E-state index is 10.7. The van der Waals surface area contributed by atoms with E-state index in [-0.39, 0.29) is 5.92 Å². The molecule has 2 atom stereocenters. The van der Waals surface area contributed by atoms with Gasteiger partial charge < -0.3 is 10.8 Å². The number of fused-ring (bicyclic) bond motifs is 1. The Kier molecular flexibility index (Phi) is 3.89. The van der Waals surface area contributed by atoms with Gasteiger partial charge in [-0.2, -0.15) is 0 Å². The van der Waals surface area contributed by atoms with Gasteiger partial charge in [0.25, 0.3) is 0 Å². The van der Waals surface area contributed by atoms with Gasteiger partial charge in [-0.05, 0) is 30.0 Å². The molecule has 20 heavy (non-hydrogen) atoms. The molecule has 104 valence electrons. The number of thiophene rings is 2. The minimum Gasteiger partial charge on any atom is -0.387 e. The third kappa shape index (κ3) is 2.52. The summed E-state index contributed by atoms with van der Waals surface area (Å²) in [6.45, 7) is 2.50. The first kappa shape index (κ1) is 13.8. The van der Waals surface area contributed by atoms with Crippen molar-refractivity contribution >= 4 is 32.1 Å². The fourth-order valence-corrected chi connectivity index (χ4v) is 4.65. The molecule has 4 heteroatoms. The fourth-order valence-electron chi connectivity index (χ4n) is 2.48. The van der Waals surface area contributed by atoms with Crippen molar-refractivity contribution in [1.82, 2.24) is 0 Å². The molecule has 2 heterocycles. The molecule has 3 aromatic rings. The van der Waals surface area contributed by atoms with Crippen molar-refractivity contribution in [2.24, 2.45) is 5.73 Å². The van der Waals surface area contributed by atoms with Crippen molar-refractivity contribution in [1.29, 1.82) is 0 Å². The number of rotatable bonds is 4. The van der Waals surface area contributed by atoms with Crippen LogP contribution in [-0.2, 0) is 0 Å². The summed E-state index contributed by atoms with van der Waals surface area (Å²) < 4.78 is 2.48. The number of nitrogens with two attached hydrogens (primary N) is 1. The van der Waals surface area contributed by atoms with E-state index in [1.54, 1.807) is 22.7 Å². The summed E-state index contributed by atoms with van der Waals surface area (Å²) in [6, 6.07) is 12.4. The fraction of sp³-hybridized carbons (Fsp3) is 0.250. The van der Waals surface area contributed by atoms with Crippen LogP contribution < -0.4 is 5.73 Å². The predicted molar refractivity (Wildman–Crippen MR) is 87.6 cm³/mol. The quantitative estimate of drug-likeness (QED) is 0.764.